The van der Waals surface area contributed by atoms with E-state index in [9.17, 15) is 16.8 Å². The maximum Gasteiger partial charge on any atom is 0.243 e. The highest BCUT2D eigenvalue weighted by Crippen LogP contribution is 2.35. The fraction of sp³-hybridized carbons (Fsp3) is 0.368. The highest BCUT2D eigenvalue weighted by atomic mass is 35.5. The van der Waals surface area contributed by atoms with Crippen LogP contribution in [0.5, 0.6) is 0 Å². The number of nitrogens with zero attached hydrogens (tertiary/aromatic N) is 1. The molecule has 5 nitrogen and oxygen atoms in total. The minimum Gasteiger partial charge on any atom is -0.228 e. The Morgan fingerprint density at radius 1 is 1.07 bits per heavy atom. The first kappa shape index (κ1) is 20.3. The van der Waals surface area contributed by atoms with Crippen LogP contribution in [0.4, 0.5) is 0 Å². The fourth-order valence-corrected chi connectivity index (χ4v) is 7.40. The zero-order valence-corrected chi connectivity index (χ0v) is 17.6. The van der Waals surface area contributed by atoms with Gasteiger partial charge in [-0.3, -0.25) is 0 Å². The summed E-state index contributed by atoms with van der Waals surface area (Å²) in [4.78, 5) is 0.232. The van der Waals surface area contributed by atoms with Gasteiger partial charge in [-0.05, 0) is 49.1 Å². The van der Waals surface area contributed by atoms with Crippen molar-refractivity contribution < 1.29 is 16.8 Å². The van der Waals surface area contributed by atoms with Gasteiger partial charge in [0.15, 0.2) is 9.84 Å². The molecule has 0 radical (unpaired) electrons. The van der Waals surface area contributed by atoms with E-state index in [1.807, 2.05) is 13.0 Å². The number of sulfone groups is 1. The minimum atomic E-state index is -3.77. The van der Waals surface area contributed by atoms with Crippen molar-refractivity contribution in [2.24, 2.45) is 0 Å². The van der Waals surface area contributed by atoms with Crippen LogP contribution in [0.2, 0.25) is 5.02 Å². The molecule has 8 heteroatoms. The average molecular weight is 428 g/mol. The van der Waals surface area contributed by atoms with Gasteiger partial charge in [-0.2, -0.15) is 4.31 Å². The van der Waals surface area contributed by atoms with E-state index in [4.69, 9.17) is 11.6 Å². The van der Waals surface area contributed by atoms with Crippen LogP contribution in [0.25, 0.3) is 0 Å². The van der Waals surface area contributed by atoms with E-state index < -0.39 is 25.1 Å². The lowest BCUT2D eigenvalue weighted by molar-refractivity contribution is 0.427. The quantitative estimate of drug-likeness (QED) is 0.751. The van der Waals surface area contributed by atoms with Crippen LogP contribution in [0, 0.1) is 13.8 Å². The first-order valence-electron chi connectivity index (χ1n) is 8.66. The van der Waals surface area contributed by atoms with Gasteiger partial charge in [0.1, 0.15) is 0 Å². The van der Waals surface area contributed by atoms with Crippen molar-refractivity contribution in [3.05, 3.63) is 64.2 Å². The maximum atomic E-state index is 13.1. The standard InChI is InChI=1S/C19H22ClNO4S2/c1-14-7-8-15(2)19(13-14)27(24,25)21-10-9-18(26(22,23)12-11-21)16-5-3-4-6-17(16)20/h3-8,13,18H,9-12H2,1-2H3. The van der Waals surface area contributed by atoms with Crippen molar-refractivity contribution in [3.63, 3.8) is 0 Å². The molecule has 0 saturated carbocycles. The van der Waals surface area contributed by atoms with Gasteiger partial charge in [0, 0.05) is 18.1 Å². The lowest BCUT2D eigenvalue weighted by Crippen LogP contribution is -2.34. The summed E-state index contributed by atoms with van der Waals surface area (Å²) < 4.78 is 53.2. The predicted octanol–water partition coefficient (Wildman–Crippen LogP) is 3.51. The van der Waals surface area contributed by atoms with Gasteiger partial charge in [0.05, 0.1) is 15.9 Å². The molecule has 146 valence electrons. The summed E-state index contributed by atoms with van der Waals surface area (Å²) in [6, 6.07) is 12.1. The fourth-order valence-electron chi connectivity index (χ4n) is 3.37. The van der Waals surface area contributed by atoms with E-state index in [-0.39, 0.29) is 30.2 Å². The molecule has 1 aliphatic heterocycles. The molecule has 1 atom stereocenters. The number of sulfonamides is 1. The van der Waals surface area contributed by atoms with Gasteiger partial charge < -0.3 is 0 Å². The number of halogens is 1. The number of hydrogen-bond acceptors (Lipinski definition) is 4. The van der Waals surface area contributed by atoms with Crippen LogP contribution >= 0.6 is 11.6 Å². The number of rotatable bonds is 3. The lowest BCUT2D eigenvalue weighted by atomic mass is 10.1. The zero-order chi connectivity index (χ0) is 19.8. The Labute approximate surface area is 165 Å². The first-order valence-corrected chi connectivity index (χ1v) is 12.2. The van der Waals surface area contributed by atoms with E-state index in [0.717, 1.165) is 5.56 Å². The van der Waals surface area contributed by atoms with Crippen LogP contribution < -0.4 is 0 Å². The summed E-state index contributed by atoms with van der Waals surface area (Å²) in [6.45, 7) is 3.65. The lowest BCUT2D eigenvalue weighted by Gasteiger charge is -2.21. The Bertz CT molecular complexity index is 1060. The monoisotopic (exact) mass is 427 g/mol. The molecule has 3 rings (SSSR count). The molecule has 1 fully saturated rings. The number of benzene rings is 2. The third kappa shape index (κ3) is 4.06. The molecular weight excluding hydrogens is 406 g/mol. The molecule has 1 unspecified atom stereocenters. The summed E-state index contributed by atoms with van der Waals surface area (Å²) in [6.07, 6.45) is 0.177. The van der Waals surface area contributed by atoms with Gasteiger partial charge in [-0.25, -0.2) is 16.8 Å². The smallest absolute Gasteiger partial charge is 0.228 e. The summed E-state index contributed by atoms with van der Waals surface area (Å²) in [5.74, 6) is -0.229. The number of hydrogen-bond donors (Lipinski definition) is 0. The normalized spacial score (nSPS) is 20.9. The van der Waals surface area contributed by atoms with Crippen LogP contribution in [0.15, 0.2) is 47.4 Å². The molecule has 0 amide bonds. The highest BCUT2D eigenvalue weighted by Gasteiger charge is 2.36. The molecule has 1 saturated heterocycles. The first-order chi connectivity index (χ1) is 12.6. The molecule has 0 N–H and O–H groups in total. The van der Waals surface area contributed by atoms with Gasteiger partial charge >= 0.3 is 0 Å². The SMILES string of the molecule is Cc1ccc(C)c(S(=O)(=O)N2CCC(c3ccccc3Cl)S(=O)(=O)CC2)c1. The van der Waals surface area contributed by atoms with E-state index >= 15 is 0 Å². The third-order valence-electron chi connectivity index (χ3n) is 4.91. The molecule has 0 bridgehead atoms. The van der Waals surface area contributed by atoms with Crippen molar-refractivity contribution >= 4 is 31.5 Å². The van der Waals surface area contributed by atoms with Gasteiger partial charge in [0.2, 0.25) is 10.0 Å². The molecule has 0 spiro atoms. The van der Waals surface area contributed by atoms with Crippen molar-refractivity contribution in [1.29, 1.82) is 0 Å². The maximum absolute atomic E-state index is 13.1. The van der Waals surface area contributed by atoms with Crippen molar-refractivity contribution in [3.8, 4) is 0 Å². The summed E-state index contributed by atoms with van der Waals surface area (Å²) in [7, 11) is -7.29. The Balaban J connectivity index is 1.96. The Morgan fingerprint density at radius 3 is 2.48 bits per heavy atom. The largest absolute Gasteiger partial charge is 0.243 e. The minimum absolute atomic E-state index is 0.0565. The van der Waals surface area contributed by atoms with E-state index in [0.29, 0.717) is 16.1 Å². The van der Waals surface area contributed by atoms with Gasteiger partial charge in [-0.15, -0.1) is 0 Å². The van der Waals surface area contributed by atoms with Crippen molar-refractivity contribution in [2.45, 2.75) is 30.4 Å². The third-order valence-corrected chi connectivity index (χ3v) is 9.41. The van der Waals surface area contributed by atoms with Crippen LogP contribution in [0.3, 0.4) is 0 Å². The Morgan fingerprint density at radius 2 is 1.78 bits per heavy atom. The second kappa shape index (κ2) is 7.54. The molecule has 2 aromatic carbocycles. The number of aryl methyl sites for hydroxylation is 2. The van der Waals surface area contributed by atoms with Crippen LogP contribution in [-0.4, -0.2) is 40.0 Å². The Hall–Kier alpha value is -1.41. The van der Waals surface area contributed by atoms with Crippen LogP contribution in [0.1, 0.15) is 28.4 Å². The molecular formula is C19H22ClNO4S2. The van der Waals surface area contributed by atoms with Gasteiger partial charge in [0.25, 0.3) is 0 Å². The highest BCUT2D eigenvalue weighted by molar-refractivity contribution is 7.92. The summed E-state index contributed by atoms with van der Waals surface area (Å²) in [5, 5.41) is -0.415. The predicted molar refractivity (Wildman–Crippen MR) is 107 cm³/mol. The second-order valence-corrected chi connectivity index (χ2v) is 11.5. The van der Waals surface area contributed by atoms with E-state index in [1.165, 1.54) is 4.31 Å². The summed E-state index contributed by atoms with van der Waals surface area (Å²) >= 11 is 6.20. The molecule has 0 aliphatic carbocycles. The molecule has 1 heterocycles. The van der Waals surface area contributed by atoms with Crippen molar-refractivity contribution in [1.82, 2.24) is 4.31 Å². The van der Waals surface area contributed by atoms with E-state index in [2.05, 4.69) is 0 Å². The topological polar surface area (TPSA) is 71.5 Å². The molecule has 27 heavy (non-hydrogen) atoms. The molecule has 2 aromatic rings. The second-order valence-electron chi connectivity index (χ2n) is 6.84. The van der Waals surface area contributed by atoms with Gasteiger partial charge in [-0.1, -0.05) is 41.9 Å². The summed E-state index contributed by atoms with van der Waals surface area (Å²) in [5.41, 5.74) is 2.02. The van der Waals surface area contributed by atoms with Crippen LogP contribution in [-0.2, 0) is 19.9 Å². The Kier molecular flexibility index (Phi) is 5.68. The molecule has 0 aromatic heterocycles. The zero-order valence-electron chi connectivity index (χ0n) is 15.2. The molecule has 1 aliphatic rings. The average Bonchev–Trinajstić information content (AvgIpc) is 2.76. The van der Waals surface area contributed by atoms with E-state index in [1.54, 1.807) is 43.3 Å². The van der Waals surface area contributed by atoms with Crippen molar-refractivity contribution in [2.75, 3.05) is 18.8 Å².